The lowest BCUT2D eigenvalue weighted by Crippen LogP contribution is -2.14. The lowest BCUT2D eigenvalue weighted by Gasteiger charge is -2.11. The summed E-state index contributed by atoms with van der Waals surface area (Å²) in [7, 11) is 0. The van der Waals surface area contributed by atoms with Gasteiger partial charge >= 0.3 is 0 Å². The van der Waals surface area contributed by atoms with Crippen LogP contribution in [0.5, 0.6) is 0 Å². The summed E-state index contributed by atoms with van der Waals surface area (Å²) < 4.78 is 0. The van der Waals surface area contributed by atoms with Crippen LogP contribution in [0.3, 0.4) is 0 Å². The first kappa shape index (κ1) is 14.9. The van der Waals surface area contributed by atoms with Gasteiger partial charge < -0.3 is 10.6 Å². The molecule has 0 aliphatic rings. The number of nitrogens with one attached hydrogen (secondary N) is 2. The Kier molecular flexibility index (Phi) is 4.42. The number of pyridine rings is 1. The largest absolute Gasteiger partial charge is 0.352 e. The second-order valence-electron chi connectivity index (χ2n) is 5.31. The molecule has 6 nitrogen and oxygen atoms in total. The van der Waals surface area contributed by atoms with Gasteiger partial charge in [0.15, 0.2) is 5.82 Å². The zero-order chi connectivity index (χ0) is 16.1. The number of anilines is 3. The minimum atomic E-state index is 0.221. The molecule has 0 atom stereocenters. The summed E-state index contributed by atoms with van der Waals surface area (Å²) >= 11 is 0. The average Bonchev–Trinajstić information content (AvgIpc) is 2.56. The Bertz CT molecular complexity index is 759. The third kappa shape index (κ3) is 4.00. The van der Waals surface area contributed by atoms with Crippen molar-refractivity contribution >= 4 is 17.6 Å². The molecule has 0 bridgehead atoms. The number of nitrogens with zero attached hydrogens (tertiary/aromatic N) is 4. The zero-order valence-corrected chi connectivity index (χ0v) is 13.1. The van der Waals surface area contributed by atoms with Crippen LogP contribution in [0.4, 0.5) is 17.6 Å². The van der Waals surface area contributed by atoms with E-state index in [9.17, 15) is 0 Å². The first-order chi connectivity index (χ1) is 11.2. The SMILES string of the molecule is CC(C)Nc1nc(Nc2ccccc2)nc(-c2ccccn2)n1. The molecule has 23 heavy (non-hydrogen) atoms. The smallest absolute Gasteiger partial charge is 0.232 e. The molecule has 0 unspecified atom stereocenters. The van der Waals surface area contributed by atoms with E-state index in [-0.39, 0.29) is 6.04 Å². The van der Waals surface area contributed by atoms with E-state index in [4.69, 9.17) is 0 Å². The molecule has 0 amide bonds. The minimum absolute atomic E-state index is 0.221. The monoisotopic (exact) mass is 306 g/mol. The van der Waals surface area contributed by atoms with Crippen molar-refractivity contribution < 1.29 is 0 Å². The van der Waals surface area contributed by atoms with Gasteiger partial charge in [-0.1, -0.05) is 24.3 Å². The molecule has 1 aromatic carbocycles. The Hall–Kier alpha value is -3.02. The van der Waals surface area contributed by atoms with Gasteiger partial charge in [-0.2, -0.15) is 15.0 Å². The predicted molar refractivity (Wildman–Crippen MR) is 91.5 cm³/mol. The van der Waals surface area contributed by atoms with Crippen LogP contribution in [0.1, 0.15) is 13.8 Å². The highest BCUT2D eigenvalue weighted by atomic mass is 15.2. The van der Waals surface area contributed by atoms with Gasteiger partial charge in [0, 0.05) is 17.9 Å². The fourth-order valence-electron chi connectivity index (χ4n) is 2.01. The van der Waals surface area contributed by atoms with Gasteiger partial charge in [0.25, 0.3) is 0 Å². The summed E-state index contributed by atoms with van der Waals surface area (Å²) in [6.07, 6.45) is 1.72. The Morgan fingerprint density at radius 3 is 2.26 bits per heavy atom. The van der Waals surface area contributed by atoms with Crippen LogP contribution in [0.25, 0.3) is 11.5 Å². The van der Waals surface area contributed by atoms with E-state index in [1.165, 1.54) is 0 Å². The Balaban J connectivity index is 1.98. The van der Waals surface area contributed by atoms with E-state index >= 15 is 0 Å². The summed E-state index contributed by atoms with van der Waals surface area (Å²) in [5, 5.41) is 6.41. The summed E-state index contributed by atoms with van der Waals surface area (Å²) in [6, 6.07) is 15.7. The number of rotatable bonds is 5. The molecular formula is C17H18N6. The van der Waals surface area contributed by atoms with E-state index in [1.807, 2.05) is 62.4 Å². The lowest BCUT2D eigenvalue weighted by molar-refractivity contribution is 0.869. The van der Waals surface area contributed by atoms with Gasteiger partial charge in [0.2, 0.25) is 11.9 Å². The highest BCUT2D eigenvalue weighted by Gasteiger charge is 2.10. The van der Waals surface area contributed by atoms with E-state index < -0.39 is 0 Å². The van der Waals surface area contributed by atoms with Crippen LogP contribution < -0.4 is 10.6 Å². The molecule has 2 heterocycles. The maximum absolute atomic E-state index is 4.47. The van der Waals surface area contributed by atoms with Crippen LogP contribution in [0, 0.1) is 0 Å². The van der Waals surface area contributed by atoms with Crippen molar-refractivity contribution in [2.75, 3.05) is 10.6 Å². The Morgan fingerprint density at radius 2 is 1.57 bits per heavy atom. The van der Waals surface area contributed by atoms with Gasteiger partial charge in [-0.05, 0) is 38.1 Å². The molecule has 0 radical (unpaired) electrons. The highest BCUT2D eigenvalue weighted by molar-refractivity contribution is 5.58. The topological polar surface area (TPSA) is 75.6 Å². The van der Waals surface area contributed by atoms with Gasteiger partial charge in [0.1, 0.15) is 5.69 Å². The fourth-order valence-corrected chi connectivity index (χ4v) is 2.01. The van der Waals surface area contributed by atoms with E-state index in [2.05, 4.69) is 30.6 Å². The van der Waals surface area contributed by atoms with Crippen molar-refractivity contribution in [3.05, 3.63) is 54.7 Å². The molecule has 0 fully saturated rings. The molecule has 2 N–H and O–H groups in total. The molecule has 3 rings (SSSR count). The number of hydrogen-bond acceptors (Lipinski definition) is 6. The van der Waals surface area contributed by atoms with Crippen molar-refractivity contribution in [1.82, 2.24) is 19.9 Å². The zero-order valence-electron chi connectivity index (χ0n) is 13.1. The number of para-hydroxylation sites is 1. The van der Waals surface area contributed by atoms with Gasteiger partial charge in [-0.3, -0.25) is 4.98 Å². The minimum Gasteiger partial charge on any atom is -0.352 e. The van der Waals surface area contributed by atoms with E-state index in [0.29, 0.717) is 23.4 Å². The van der Waals surface area contributed by atoms with E-state index in [1.54, 1.807) is 6.20 Å². The molecule has 0 saturated heterocycles. The average molecular weight is 306 g/mol. The summed E-state index contributed by atoms with van der Waals surface area (Å²) in [5.74, 6) is 1.53. The maximum Gasteiger partial charge on any atom is 0.232 e. The number of hydrogen-bond donors (Lipinski definition) is 2. The molecule has 6 heteroatoms. The van der Waals surface area contributed by atoms with Crippen LogP contribution in [0.2, 0.25) is 0 Å². The first-order valence-corrected chi connectivity index (χ1v) is 7.47. The van der Waals surface area contributed by atoms with Crippen LogP contribution in [-0.2, 0) is 0 Å². The molecule has 116 valence electrons. The van der Waals surface area contributed by atoms with Gasteiger partial charge in [-0.25, -0.2) is 0 Å². The van der Waals surface area contributed by atoms with E-state index in [0.717, 1.165) is 5.69 Å². The standard InChI is InChI=1S/C17H18N6/c1-12(2)19-16-21-15(14-10-6-7-11-18-14)22-17(23-16)20-13-8-4-3-5-9-13/h3-12H,1-2H3,(H2,19,20,21,22,23). The van der Waals surface area contributed by atoms with Crippen molar-refractivity contribution in [3.63, 3.8) is 0 Å². The van der Waals surface area contributed by atoms with Crippen molar-refractivity contribution in [3.8, 4) is 11.5 Å². The molecular weight excluding hydrogens is 288 g/mol. The molecule has 0 aliphatic heterocycles. The van der Waals surface area contributed by atoms with Crippen LogP contribution >= 0.6 is 0 Å². The van der Waals surface area contributed by atoms with Crippen molar-refractivity contribution in [2.45, 2.75) is 19.9 Å². The fraction of sp³-hybridized carbons (Fsp3) is 0.176. The number of benzene rings is 1. The Labute approximate surface area is 135 Å². The van der Waals surface area contributed by atoms with Crippen molar-refractivity contribution in [2.24, 2.45) is 0 Å². The normalized spacial score (nSPS) is 10.6. The summed E-state index contributed by atoms with van der Waals surface area (Å²) in [6.45, 7) is 4.07. The first-order valence-electron chi connectivity index (χ1n) is 7.47. The lowest BCUT2D eigenvalue weighted by atomic mass is 10.3. The van der Waals surface area contributed by atoms with Crippen LogP contribution in [-0.4, -0.2) is 26.0 Å². The molecule has 3 aromatic rings. The van der Waals surface area contributed by atoms with Gasteiger partial charge in [-0.15, -0.1) is 0 Å². The third-order valence-electron chi connectivity index (χ3n) is 2.98. The Morgan fingerprint density at radius 1 is 0.826 bits per heavy atom. The number of aromatic nitrogens is 4. The quantitative estimate of drug-likeness (QED) is 0.751. The van der Waals surface area contributed by atoms with Crippen LogP contribution in [0.15, 0.2) is 54.7 Å². The molecule has 0 aliphatic carbocycles. The van der Waals surface area contributed by atoms with Crippen molar-refractivity contribution in [1.29, 1.82) is 0 Å². The second kappa shape index (κ2) is 6.83. The second-order valence-corrected chi connectivity index (χ2v) is 5.31. The highest BCUT2D eigenvalue weighted by Crippen LogP contribution is 2.18. The predicted octanol–water partition coefficient (Wildman–Crippen LogP) is 3.50. The molecule has 2 aromatic heterocycles. The maximum atomic E-state index is 4.47. The molecule has 0 spiro atoms. The summed E-state index contributed by atoms with van der Waals surface area (Å²) in [5.41, 5.74) is 1.62. The third-order valence-corrected chi connectivity index (χ3v) is 2.98. The summed E-state index contributed by atoms with van der Waals surface area (Å²) in [4.78, 5) is 17.7. The molecule has 0 saturated carbocycles. The van der Waals surface area contributed by atoms with Gasteiger partial charge in [0.05, 0.1) is 0 Å².